The highest BCUT2D eigenvalue weighted by Crippen LogP contribution is 2.38. The van der Waals surface area contributed by atoms with Crippen LogP contribution in [-0.4, -0.2) is 26.4 Å². The van der Waals surface area contributed by atoms with Crippen LogP contribution in [0.1, 0.15) is 0 Å². The Hall–Kier alpha value is -2.36. The largest absolute Gasteiger partial charge is 0.486 e. The summed E-state index contributed by atoms with van der Waals surface area (Å²) >= 11 is 0. The Morgan fingerprint density at radius 3 is 1.35 bits per heavy atom. The van der Waals surface area contributed by atoms with Gasteiger partial charge in [0.1, 0.15) is 26.4 Å². The minimum absolute atomic E-state index is 0.595. The second-order valence-corrected chi connectivity index (χ2v) is 4.72. The van der Waals surface area contributed by atoms with Crippen molar-refractivity contribution >= 4 is 0 Å². The molecule has 2 aliphatic rings. The first-order chi connectivity index (χ1) is 9.90. The predicted octanol–water partition coefficient (Wildman–Crippen LogP) is 2.90. The van der Waals surface area contributed by atoms with Crippen LogP contribution in [0.3, 0.4) is 0 Å². The Morgan fingerprint density at radius 2 is 0.900 bits per heavy atom. The summed E-state index contributed by atoms with van der Waals surface area (Å²) < 4.78 is 22.3. The molecule has 0 atom stereocenters. The Bertz CT molecular complexity index is 593. The highest BCUT2D eigenvalue weighted by Gasteiger charge is 2.15. The molecule has 4 rings (SSSR count). The van der Waals surface area contributed by atoms with E-state index < -0.39 is 0 Å². The lowest BCUT2D eigenvalue weighted by molar-refractivity contribution is 0.171. The van der Waals surface area contributed by atoms with Gasteiger partial charge in [-0.25, -0.2) is 0 Å². The van der Waals surface area contributed by atoms with Crippen molar-refractivity contribution < 1.29 is 18.9 Å². The van der Waals surface area contributed by atoms with E-state index in [1.807, 2.05) is 36.4 Å². The Labute approximate surface area is 116 Å². The van der Waals surface area contributed by atoms with E-state index in [0.717, 1.165) is 34.1 Å². The van der Waals surface area contributed by atoms with Crippen molar-refractivity contribution in [1.82, 2.24) is 0 Å². The lowest BCUT2D eigenvalue weighted by atomic mass is 10.0. The minimum Gasteiger partial charge on any atom is -0.486 e. The fraction of sp³-hybridized carbons (Fsp3) is 0.250. The Morgan fingerprint density at radius 1 is 0.500 bits per heavy atom. The lowest BCUT2D eigenvalue weighted by Crippen LogP contribution is -2.15. The molecule has 2 heterocycles. The number of benzene rings is 2. The molecule has 0 radical (unpaired) electrons. The van der Waals surface area contributed by atoms with Crippen LogP contribution in [0.5, 0.6) is 23.0 Å². The summed E-state index contributed by atoms with van der Waals surface area (Å²) in [4.78, 5) is 0. The molecular formula is C16H14O4. The van der Waals surface area contributed by atoms with Crippen LogP contribution in [0.4, 0.5) is 0 Å². The van der Waals surface area contributed by atoms with Gasteiger partial charge in [0, 0.05) is 0 Å². The molecule has 0 saturated carbocycles. The normalized spacial score (nSPS) is 15.8. The third-order valence-corrected chi connectivity index (χ3v) is 3.42. The van der Waals surface area contributed by atoms with E-state index in [9.17, 15) is 0 Å². The summed E-state index contributed by atoms with van der Waals surface area (Å²) in [5.41, 5.74) is 2.15. The quantitative estimate of drug-likeness (QED) is 0.798. The van der Waals surface area contributed by atoms with Crippen LogP contribution in [0.15, 0.2) is 36.4 Å². The van der Waals surface area contributed by atoms with E-state index >= 15 is 0 Å². The van der Waals surface area contributed by atoms with Crippen molar-refractivity contribution in [2.24, 2.45) is 0 Å². The van der Waals surface area contributed by atoms with Gasteiger partial charge in [-0.3, -0.25) is 0 Å². The number of hydrogen-bond donors (Lipinski definition) is 0. The van der Waals surface area contributed by atoms with E-state index in [-0.39, 0.29) is 0 Å². The van der Waals surface area contributed by atoms with E-state index in [0.29, 0.717) is 26.4 Å². The minimum atomic E-state index is 0.595. The molecule has 0 aliphatic carbocycles. The molecular weight excluding hydrogens is 256 g/mol. The summed E-state index contributed by atoms with van der Waals surface area (Å²) in [7, 11) is 0. The molecule has 102 valence electrons. The van der Waals surface area contributed by atoms with Crippen LogP contribution in [0.25, 0.3) is 11.1 Å². The van der Waals surface area contributed by atoms with Crippen molar-refractivity contribution in [2.45, 2.75) is 0 Å². The predicted molar refractivity (Wildman–Crippen MR) is 73.9 cm³/mol. The van der Waals surface area contributed by atoms with E-state index in [2.05, 4.69) is 0 Å². The number of fused-ring (bicyclic) bond motifs is 2. The number of ether oxygens (including phenoxy) is 4. The molecule has 0 spiro atoms. The van der Waals surface area contributed by atoms with Gasteiger partial charge >= 0.3 is 0 Å². The molecule has 20 heavy (non-hydrogen) atoms. The van der Waals surface area contributed by atoms with Crippen LogP contribution in [-0.2, 0) is 0 Å². The second-order valence-electron chi connectivity index (χ2n) is 4.72. The highest BCUT2D eigenvalue weighted by atomic mass is 16.6. The van der Waals surface area contributed by atoms with Crippen LogP contribution in [0.2, 0.25) is 0 Å². The Balaban J connectivity index is 1.73. The van der Waals surface area contributed by atoms with Crippen LogP contribution in [0, 0.1) is 0 Å². The topological polar surface area (TPSA) is 36.9 Å². The first-order valence-electron chi connectivity index (χ1n) is 6.70. The average molecular weight is 270 g/mol. The number of rotatable bonds is 1. The molecule has 0 unspecified atom stereocenters. The second kappa shape index (κ2) is 4.63. The zero-order valence-electron chi connectivity index (χ0n) is 10.9. The average Bonchev–Trinajstić information content (AvgIpc) is 2.54. The van der Waals surface area contributed by atoms with E-state index in [1.54, 1.807) is 0 Å². The highest BCUT2D eigenvalue weighted by molar-refractivity contribution is 5.70. The van der Waals surface area contributed by atoms with Gasteiger partial charge in [-0.15, -0.1) is 0 Å². The van der Waals surface area contributed by atoms with Crippen molar-refractivity contribution in [1.29, 1.82) is 0 Å². The molecule has 4 heteroatoms. The van der Waals surface area contributed by atoms with Gasteiger partial charge in [0.15, 0.2) is 23.0 Å². The van der Waals surface area contributed by atoms with Gasteiger partial charge in [-0.2, -0.15) is 0 Å². The van der Waals surface area contributed by atoms with Gasteiger partial charge in [0.2, 0.25) is 0 Å². The third kappa shape index (κ3) is 1.93. The first-order valence-corrected chi connectivity index (χ1v) is 6.70. The monoisotopic (exact) mass is 270 g/mol. The standard InChI is InChI=1S/C16H14O4/c1-3-13-15(19-7-5-17-13)9-11(1)12-2-4-14-16(10-12)20-8-6-18-14/h1-4,9-10H,5-8H2. The van der Waals surface area contributed by atoms with E-state index in [1.165, 1.54) is 0 Å². The molecule has 0 saturated heterocycles. The number of hydrogen-bond acceptors (Lipinski definition) is 4. The van der Waals surface area contributed by atoms with Crippen molar-refractivity contribution in [3.8, 4) is 34.1 Å². The third-order valence-electron chi connectivity index (χ3n) is 3.42. The molecule has 0 aromatic heterocycles. The fourth-order valence-electron chi connectivity index (χ4n) is 2.45. The molecule has 4 nitrogen and oxygen atoms in total. The molecule has 0 fully saturated rings. The maximum Gasteiger partial charge on any atom is 0.161 e. The lowest BCUT2D eigenvalue weighted by Gasteiger charge is -2.20. The maximum absolute atomic E-state index is 5.62. The van der Waals surface area contributed by atoms with Gasteiger partial charge in [-0.1, -0.05) is 12.1 Å². The first kappa shape index (κ1) is 11.5. The Kier molecular flexibility index (Phi) is 2.66. The van der Waals surface area contributed by atoms with Gasteiger partial charge in [0.25, 0.3) is 0 Å². The summed E-state index contributed by atoms with van der Waals surface area (Å²) in [5, 5.41) is 0. The smallest absolute Gasteiger partial charge is 0.161 e. The van der Waals surface area contributed by atoms with Crippen molar-refractivity contribution in [3.63, 3.8) is 0 Å². The van der Waals surface area contributed by atoms with Gasteiger partial charge in [-0.05, 0) is 35.4 Å². The zero-order valence-corrected chi connectivity index (χ0v) is 10.9. The molecule has 0 bridgehead atoms. The van der Waals surface area contributed by atoms with Gasteiger partial charge < -0.3 is 18.9 Å². The zero-order chi connectivity index (χ0) is 13.4. The molecule has 2 aliphatic heterocycles. The molecule has 0 amide bonds. The van der Waals surface area contributed by atoms with Crippen LogP contribution < -0.4 is 18.9 Å². The summed E-state index contributed by atoms with van der Waals surface area (Å²) in [6, 6.07) is 11.9. The SMILES string of the molecule is c1cc2c(cc1-c1ccc3c(c1)OCCO3)OCCO2. The van der Waals surface area contributed by atoms with Crippen molar-refractivity contribution in [2.75, 3.05) is 26.4 Å². The molecule has 0 N–H and O–H groups in total. The van der Waals surface area contributed by atoms with E-state index in [4.69, 9.17) is 18.9 Å². The van der Waals surface area contributed by atoms with Crippen LogP contribution >= 0.6 is 0 Å². The summed E-state index contributed by atoms with van der Waals surface area (Å²) in [5.74, 6) is 3.20. The van der Waals surface area contributed by atoms with Gasteiger partial charge in [0.05, 0.1) is 0 Å². The summed E-state index contributed by atoms with van der Waals surface area (Å²) in [6.45, 7) is 2.40. The summed E-state index contributed by atoms with van der Waals surface area (Å²) in [6.07, 6.45) is 0. The maximum atomic E-state index is 5.62. The van der Waals surface area contributed by atoms with Crippen molar-refractivity contribution in [3.05, 3.63) is 36.4 Å². The fourth-order valence-corrected chi connectivity index (χ4v) is 2.45. The molecule has 2 aromatic rings. The molecule has 2 aromatic carbocycles.